The molecule has 0 aromatic heterocycles. The Morgan fingerprint density at radius 2 is 1.81 bits per heavy atom. The molecular weight excluding hydrogens is 326 g/mol. The zero-order valence-corrected chi connectivity index (χ0v) is 16.8. The highest BCUT2D eigenvalue weighted by Crippen LogP contribution is 2.29. The highest BCUT2D eigenvalue weighted by atomic mass is 16.2. The van der Waals surface area contributed by atoms with Crippen molar-refractivity contribution in [3.63, 3.8) is 0 Å². The minimum atomic E-state index is -0.0893. The Labute approximate surface area is 157 Å². The molecule has 0 radical (unpaired) electrons. The summed E-state index contributed by atoms with van der Waals surface area (Å²) in [6, 6.07) is 5.74. The van der Waals surface area contributed by atoms with E-state index in [-0.39, 0.29) is 17.9 Å². The fraction of sp³-hybridized carbons (Fsp3) is 0.619. The van der Waals surface area contributed by atoms with Gasteiger partial charge in [-0.25, -0.2) is 0 Å². The third kappa shape index (κ3) is 5.75. The zero-order chi connectivity index (χ0) is 19.3. The van der Waals surface area contributed by atoms with Crippen LogP contribution in [0, 0.1) is 11.8 Å². The number of nitrogens with one attached hydrogen (secondary N) is 2. The summed E-state index contributed by atoms with van der Waals surface area (Å²) in [6.45, 7) is 12.1. The lowest BCUT2D eigenvalue weighted by Crippen LogP contribution is -2.36. The van der Waals surface area contributed by atoms with Gasteiger partial charge in [-0.1, -0.05) is 20.8 Å². The number of piperidine rings is 1. The molecule has 1 aromatic carbocycles. The molecule has 1 aliphatic heterocycles. The molecule has 2 rings (SSSR count). The van der Waals surface area contributed by atoms with Crippen molar-refractivity contribution >= 4 is 23.2 Å². The fourth-order valence-electron chi connectivity index (χ4n) is 3.24. The first-order chi connectivity index (χ1) is 12.3. The maximum atomic E-state index is 12.7. The van der Waals surface area contributed by atoms with Crippen molar-refractivity contribution in [3.05, 3.63) is 23.8 Å². The molecule has 5 heteroatoms. The van der Waals surface area contributed by atoms with Gasteiger partial charge in [0.15, 0.2) is 0 Å². The molecule has 2 N–H and O–H groups in total. The summed E-state index contributed by atoms with van der Waals surface area (Å²) in [4.78, 5) is 27.1. The lowest BCUT2D eigenvalue weighted by molar-refractivity contribution is -0.116. The fourth-order valence-corrected chi connectivity index (χ4v) is 3.24. The first kappa shape index (κ1) is 20.3. The first-order valence-electron chi connectivity index (χ1n) is 9.76. The Balaban J connectivity index is 2.26. The van der Waals surface area contributed by atoms with Gasteiger partial charge in [-0.05, 0) is 56.7 Å². The van der Waals surface area contributed by atoms with Gasteiger partial charge in [-0.2, -0.15) is 0 Å². The average Bonchev–Trinajstić information content (AvgIpc) is 2.54. The van der Waals surface area contributed by atoms with Crippen LogP contribution in [0.5, 0.6) is 0 Å². The van der Waals surface area contributed by atoms with E-state index in [1.807, 2.05) is 45.9 Å². The molecule has 1 heterocycles. The number of nitrogens with zero attached hydrogens (tertiary/aromatic N) is 1. The Bertz CT molecular complexity index is 632. The second kappa shape index (κ2) is 9.06. The zero-order valence-electron chi connectivity index (χ0n) is 16.8. The molecule has 0 bridgehead atoms. The van der Waals surface area contributed by atoms with Crippen LogP contribution in [-0.4, -0.2) is 30.9 Å². The largest absolute Gasteiger partial charge is 0.371 e. The molecule has 1 aliphatic rings. The van der Waals surface area contributed by atoms with E-state index >= 15 is 0 Å². The Morgan fingerprint density at radius 1 is 1.15 bits per heavy atom. The molecule has 2 amide bonds. The third-order valence-corrected chi connectivity index (χ3v) is 4.66. The van der Waals surface area contributed by atoms with Gasteiger partial charge in [0.1, 0.15) is 0 Å². The SMILES string of the molecule is CC(C)CC(=O)Nc1ccc(N2CCC(C)CC2)c(C(=O)NC(C)C)c1. The topological polar surface area (TPSA) is 61.4 Å². The van der Waals surface area contributed by atoms with Gasteiger partial charge in [0.05, 0.1) is 5.56 Å². The van der Waals surface area contributed by atoms with Gasteiger partial charge < -0.3 is 15.5 Å². The molecule has 0 aliphatic carbocycles. The standard InChI is InChI=1S/C21H33N3O2/c1-14(2)12-20(25)23-17-6-7-19(24-10-8-16(5)9-11-24)18(13-17)21(26)22-15(3)4/h6-7,13-16H,8-12H2,1-5H3,(H,22,26)(H,23,25). The molecule has 0 spiro atoms. The van der Waals surface area contributed by atoms with Crippen LogP contribution in [0.1, 0.15) is 64.2 Å². The summed E-state index contributed by atoms with van der Waals surface area (Å²) in [5.74, 6) is 0.922. The number of anilines is 2. The Kier molecular flexibility index (Phi) is 7.06. The molecule has 0 atom stereocenters. The number of rotatable bonds is 6. The van der Waals surface area contributed by atoms with Crippen LogP contribution in [0.3, 0.4) is 0 Å². The highest BCUT2D eigenvalue weighted by molar-refractivity contribution is 6.02. The molecule has 1 fully saturated rings. The molecule has 144 valence electrons. The number of benzene rings is 1. The van der Waals surface area contributed by atoms with Crippen LogP contribution >= 0.6 is 0 Å². The van der Waals surface area contributed by atoms with E-state index in [2.05, 4.69) is 22.5 Å². The van der Waals surface area contributed by atoms with Crippen molar-refractivity contribution in [2.75, 3.05) is 23.3 Å². The monoisotopic (exact) mass is 359 g/mol. The molecule has 1 aromatic rings. The van der Waals surface area contributed by atoms with E-state index < -0.39 is 0 Å². The quantitative estimate of drug-likeness (QED) is 0.805. The van der Waals surface area contributed by atoms with Crippen LogP contribution in [0.2, 0.25) is 0 Å². The molecular formula is C21H33N3O2. The van der Waals surface area contributed by atoms with Crippen LogP contribution in [0.15, 0.2) is 18.2 Å². The van der Waals surface area contributed by atoms with E-state index in [0.717, 1.165) is 37.5 Å². The summed E-state index contributed by atoms with van der Waals surface area (Å²) < 4.78 is 0. The van der Waals surface area contributed by atoms with E-state index in [4.69, 9.17) is 0 Å². The van der Waals surface area contributed by atoms with Crippen LogP contribution < -0.4 is 15.5 Å². The van der Waals surface area contributed by atoms with Gasteiger partial charge in [-0.15, -0.1) is 0 Å². The minimum Gasteiger partial charge on any atom is -0.371 e. The van der Waals surface area contributed by atoms with E-state index in [9.17, 15) is 9.59 Å². The Morgan fingerprint density at radius 3 is 2.38 bits per heavy atom. The van der Waals surface area contributed by atoms with Crippen molar-refractivity contribution in [3.8, 4) is 0 Å². The average molecular weight is 360 g/mol. The first-order valence-corrected chi connectivity index (χ1v) is 9.76. The summed E-state index contributed by atoms with van der Waals surface area (Å²) in [7, 11) is 0. The van der Waals surface area contributed by atoms with Gasteiger partial charge in [0, 0.05) is 36.9 Å². The van der Waals surface area contributed by atoms with E-state index in [1.54, 1.807) is 0 Å². The van der Waals surface area contributed by atoms with Crippen LogP contribution in [-0.2, 0) is 4.79 Å². The van der Waals surface area contributed by atoms with Gasteiger partial charge in [0.2, 0.25) is 5.91 Å². The number of hydrogen-bond acceptors (Lipinski definition) is 3. The lowest BCUT2D eigenvalue weighted by Gasteiger charge is -2.33. The third-order valence-electron chi connectivity index (χ3n) is 4.66. The van der Waals surface area contributed by atoms with Gasteiger partial charge >= 0.3 is 0 Å². The van der Waals surface area contributed by atoms with E-state index in [1.165, 1.54) is 0 Å². The molecule has 5 nitrogen and oxygen atoms in total. The molecule has 0 saturated carbocycles. The van der Waals surface area contributed by atoms with Crippen LogP contribution in [0.4, 0.5) is 11.4 Å². The minimum absolute atomic E-state index is 0.0187. The molecule has 26 heavy (non-hydrogen) atoms. The van der Waals surface area contributed by atoms with Crippen LogP contribution in [0.25, 0.3) is 0 Å². The lowest BCUT2D eigenvalue weighted by atomic mass is 9.97. The smallest absolute Gasteiger partial charge is 0.253 e. The summed E-state index contributed by atoms with van der Waals surface area (Å²) in [5.41, 5.74) is 2.27. The second-order valence-electron chi connectivity index (χ2n) is 8.18. The summed E-state index contributed by atoms with van der Waals surface area (Å²) in [6.07, 6.45) is 2.75. The van der Waals surface area contributed by atoms with Crippen molar-refractivity contribution in [2.24, 2.45) is 11.8 Å². The summed E-state index contributed by atoms with van der Waals surface area (Å²) >= 11 is 0. The van der Waals surface area contributed by atoms with E-state index in [0.29, 0.717) is 23.6 Å². The number of hydrogen-bond donors (Lipinski definition) is 2. The maximum Gasteiger partial charge on any atom is 0.253 e. The normalized spacial score (nSPS) is 15.4. The van der Waals surface area contributed by atoms with Crippen molar-refractivity contribution in [2.45, 2.75) is 59.9 Å². The van der Waals surface area contributed by atoms with Crippen molar-refractivity contribution in [1.82, 2.24) is 5.32 Å². The maximum absolute atomic E-state index is 12.7. The second-order valence-corrected chi connectivity index (χ2v) is 8.18. The molecule has 0 unspecified atom stereocenters. The predicted molar refractivity (Wildman–Crippen MR) is 108 cm³/mol. The molecule has 1 saturated heterocycles. The van der Waals surface area contributed by atoms with Crippen molar-refractivity contribution in [1.29, 1.82) is 0 Å². The highest BCUT2D eigenvalue weighted by Gasteiger charge is 2.22. The van der Waals surface area contributed by atoms with Gasteiger partial charge in [0.25, 0.3) is 5.91 Å². The predicted octanol–water partition coefficient (Wildman–Crippen LogP) is 4.05. The van der Waals surface area contributed by atoms with Crippen molar-refractivity contribution < 1.29 is 9.59 Å². The number of amides is 2. The van der Waals surface area contributed by atoms with Gasteiger partial charge in [-0.3, -0.25) is 9.59 Å². The Hall–Kier alpha value is -2.04. The number of carbonyl (C=O) groups is 2. The number of carbonyl (C=O) groups excluding carboxylic acids is 2. The summed E-state index contributed by atoms with van der Waals surface area (Å²) in [5, 5.41) is 5.90.